The van der Waals surface area contributed by atoms with Gasteiger partial charge in [0.1, 0.15) is 0 Å². The molecule has 0 unspecified atom stereocenters. The largest absolute Gasteiger partial charge is 0.326 e. The molecule has 0 aliphatic carbocycles. The number of aromatic nitrogens is 1. The first kappa shape index (κ1) is 13.7. The van der Waals surface area contributed by atoms with Gasteiger partial charge in [0.15, 0.2) is 0 Å². The predicted molar refractivity (Wildman–Crippen MR) is 78.5 cm³/mol. The summed E-state index contributed by atoms with van der Waals surface area (Å²) in [5.74, 6) is 0. The molecule has 3 nitrogen and oxygen atoms in total. The van der Waals surface area contributed by atoms with E-state index in [0.717, 1.165) is 13.1 Å². The van der Waals surface area contributed by atoms with E-state index in [9.17, 15) is 0 Å². The van der Waals surface area contributed by atoms with Crippen LogP contribution in [0.5, 0.6) is 0 Å². The molecule has 0 fully saturated rings. The van der Waals surface area contributed by atoms with Crippen LogP contribution in [0.2, 0.25) is 0 Å². The Morgan fingerprint density at radius 3 is 2.53 bits per heavy atom. The van der Waals surface area contributed by atoms with Crippen molar-refractivity contribution in [1.82, 2.24) is 9.88 Å². The summed E-state index contributed by atoms with van der Waals surface area (Å²) in [6.07, 6.45) is 3.81. The molecule has 1 aromatic carbocycles. The number of nitrogens with zero attached hydrogens (tertiary/aromatic N) is 2. The molecular formula is C16H21N3. The van der Waals surface area contributed by atoms with Crippen LogP contribution in [-0.2, 0) is 19.6 Å². The summed E-state index contributed by atoms with van der Waals surface area (Å²) in [4.78, 5) is 6.51. The quantitative estimate of drug-likeness (QED) is 0.892. The number of nitrogens with two attached hydrogens (primary N) is 1. The van der Waals surface area contributed by atoms with E-state index < -0.39 is 0 Å². The van der Waals surface area contributed by atoms with Gasteiger partial charge in [-0.25, -0.2) is 0 Å². The van der Waals surface area contributed by atoms with Gasteiger partial charge in [0.05, 0.1) is 0 Å². The molecule has 2 rings (SSSR count). The van der Waals surface area contributed by atoms with E-state index in [0.29, 0.717) is 6.54 Å². The standard InChI is InChI=1S/C16H21N3/c1-13-7-14(10-18-9-13)11-19(2)12-16-6-4-3-5-15(16)8-17/h3-7,9-10H,8,11-12,17H2,1-2H3. The smallest absolute Gasteiger partial charge is 0.0313 e. The molecule has 2 N–H and O–H groups in total. The van der Waals surface area contributed by atoms with Crippen molar-refractivity contribution in [2.75, 3.05) is 7.05 Å². The van der Waals surface area contributed by atoms with E-state index in [1.54, 1.807) is 0 Å². The molecule has 0 aliphatic heterocycles. The van der Waals surface area contributed by atoms with Crippen LogP contribution in [0.1, 0.15) is 22.3 Å². The number of rotatable bonds is 5. The van der Waals surface area contributed by atoms with Crippen LogP contribution in [-0.4, -0.2) is 16.9 Å². The van der Waals surface area contributed by atoms with Crippen LogP contribution in [0, 0.1) is 6.92 Å². The van der Waals surface area contributed by atoms with Gasteiger partial charge in [0, 0.05) is 32.0 Å². The lowest BCUT2D eigenvalue weighted by molar-refractivity contribution is 0.317. The molecule has 0 atom stereocenters. The second kappa shape index (κ2) is 6.45. The second-order valence-corrected chi connectivity index (χ2v) is 5.02. The normalized spacial score (nSPS) is 10.9. The molecule has 19 heavy (non-hydrogen) atoms. The molecule has 1 aromatic heterocycles. The third-order valence-electron chi connectivity index (χ3n) is 3.16. The Kier molecular flexibility index (Phi) is 4.66. The maximum atomic E-state index is 5.77. The van der Waals surface area contributed by atoms with Gasteiger partial charge < -0.3 is 5.73 Å². The Hall–Kier alpha value is -1.71. The summed E-state index contributed by atoms with van der Waals surface area (Å²) in [6, 6.07) is 10.5. The van der Waals surface area contributed by atoms with E-state index in [-0.39, 0.29) is 0 Å². The molecule has 2 aromatic rings. The van der Waals surface area contributed by atoms with Gasteiger partial charge in [0.2, 0.25) is 0 Å². The minimum absolute atomic E-state index is 0.593. The van der Waals surface area contributed by atoms with Gasteiger partial charge in [-0.2, -0.15) is 0 Å². The summed E-state index contributed by atoms with van der Waals surface area (Å²) in [6.45, 7) is 4.46. The Morgan fingerprint density at radius 1 is 1.11 bits per heavy atom. The molecule has 1 heterocycles. The summed E-state index contributed by atoms with van der Waals surface area (Å²) in [5, 5.41) is 0. The first-order valence-corrected chi connectivity index (χ1v) is 6.55. The van der Waals surface area contributed by atoms with Crippen molar-refractivity contribution < 1.29 is 0 Å². The highest BCUT2D eigenvalue weighted by Crippen LogP contribution is 2.12. The van der Waals surface area contributed by atoms with E-state index in [2.05, 4.69) is 48.1 Å². The van der Waals surface area contributed by atoms with Crippen molar-refractivity contribution in [2.24, 2.45) is 5.73 Å². The summed E-state index contributed by atoms with van der Waals surface area (Å²) >= 11 is 0. The van der Waals surface area contributed by atoms with Crippen molar-refractivity contribution in [3.63, 3.8) is 0 Å². The zero-order chi connectivity index (χ0) is 13.7. The highest BCUT2D eigenvalue weighted by molar-refractivity contribution is 5.27. The number of aryl methyl sites for hydroxylation is 1. The molecule has 0 aliphatic rings. The lowest BCUT2D eigenvalue weighted by Gasteiger charge is -2.18. The summed E-state index contributed by atoms with van der Waals surface area (Å²) < 4.78 is 0. The van der Waals surface area contributed by atoms with E-state index in [1.165, 1.54) is 22.3 Å². The molecule has 0 bridgehead atoms. The van der Waals surface area contributed by atoms with E-state index in [4.69, 9.17) is 5.73 Å². The molecular weight excluding hydrogens is 234 g/mol. The van der Waals surface area contributed by atoms with Crippen LogP contribution in [0.15, 0.2) is 42.7 Å². The van der Waals surface area contributed by atoms with Gasteiger partial charge in [0.25, 0.3) is 0 Å². The average molecular weight is 255 g/mol. The molecule has 0 saturated heterocycles. The number of benzene rings is 1. The third-order valence-corrected chi connectivity index (χ3v) is 3.16. The first-order valence-electron chi connectivity index (χ1n) is 6.55. The monoisotopic (exact) mass is 255 g/mol. The van der Waals surface area contributed by atoms with E-state index >= 15 is 0 Å². The highest BCUT2D eigenvalue weighted by atomic mass is 15.1. The summed E-state index contributed by atoms with van der Waals surface area (Å²) in [7, 11) is 2.12. The molecule has 0 saturated carbocycles. The Balaban J connectivity index is 2.03. The van der Waals surface area contributed by atoms with Gasteiger partial charge in [-0.3, -0.25) is 9.88 Å². The van der Waals surface area contributed by atoms with Crippen molar-refractivity contribution in [3.05, 3.63) is 65.0 Å². The number of hydrogen-bond donors (Lipinski definition) is 1. The van der Waals surface area contributed by atoms with Gasteiger partial charge in [-0.05, 0) is 36.2 Å². The van der Waals surface area contributed by atoms with Crippen LogP contribution < -0.4 is 5.73 Å². The number of pyridine rings is 1. The fraction of sp³-hybridized carbons (Fsp3) is 0.312. The van der Waals surface area contributed by atoms with Gasteiger partial charge in [-0.15, -0.1) is 0 Å². The molecule has 0 spiro atoms. The van der Waals surface area contributed by atoms with Crippen molar-refractivity contribution in [1.29, 1.82) is 0 Å². The maximum absolute atomic E-state index is 5.77. The molecule has 100 valence electrons. The van der Waals surface area contributed by atoms with Crippen LogP contribution in [0.25, 0.3) is 0 Å². The maximum Gasteiger partial charge on any atom is 0.0313 e. The lowest BCUT2D eigenvalue weighted by Crippen LogP contribution is -2.19. The SMILES string of the molecule is Cc1cncc(CN(C)Cc2ccccc2CN)c1. The molecule has 3 heteroatoms. The van der Waals surface area contributed by atoms with Crippen LogP contribution in [0.3, 0.4) is 0 Å². The van der Waals surface area contributed by atoms with Crippen molar-refractivity contribution in [2.45, 2.75) is 26.6 Å². The van der Waals surface area contributed by atoms with Gasteiger partial charge in [-0.1, -0.05) is 30.3 Å². The summed E-state index contributed by atoms with van der Waals surface area (Å²) in [5.41, 5.74) is 10.7. The fourth-order valence-electron chi connectivity index (χ4n) is 2.27. The average Bonchev–Trinajstić information content (AvgIpc) is 2.39. The predicted octanol–water partition coefficient (Wildman–Crippen LogP) is 2.48. The minimum Gasteiger partial charge on any atom is -0.326 e. The Morgan fingerprint density at radius 2 is 1.84 bits per heavy atom. The van der Waals surface area contributed by atoms with Crippen molar-refractivity contribution in [3.8, 4) is 0 Å². The number of hydrogen-bond acceptors (Lipinski definition) is 3. The van der Waals surface area contributed by atoms with Crippen LogP contribution >= 0.6 is 0 Å². The second-order valence-electron chi connectivity index (χ2n) is 5.02. The Labute approximate surface area is 115 Å². The fourth-order valence-corrected chi connectivity index (χ4v) is 2.27. The van der Waals surface area contributed by atoms with Crippen molar-refractivity contribution >= 4 is 0 Å². The van der Waals surface area contributed by atoms with Crippen LogP contribution in [0.4, 0.5) is 0 Å². The first-order chi connectivity index (χ1) is 9.19. The Bertz CT molecular complexity index is 537. The zero-order valence-corrected chi connectivity index (χ0v) is 11.6. The minimum atomic E-state index is 0.593. The highest BCUT2D eigenvalue weighted by Gasteiger charge is 2.05. The van der Waals surface area contributed by atoms with E-state index in [1.807, 2.05) is 18.5 Å². The zero-order valence-electron chi connectivity index (χ0n) is 11.6. The molecule has 0 radical (unpaired) electrons. The topological polar surface area (TPSA) is 42.2 Å². The molecule has 0 amide bonds. The lowest BCUT2D eigenvalue weighted by atomic mass is 10.1. The third kappa shape index (κ3) is 3.88. The van der Waals surface area contributed by atoms with Gasteiger partial charge >= 0.3 is 0 Å².